The standard InChI is InChI=1S/C14H16FNO/c15-10-11-16-14(9-5-4-8-13(14)17)12-6-2-1-3-7-12/h2,6-7,16H,4-5,8-11H2/t14-/m1/s1. The van der Waals surface area contributed by atoms with E-state index < -0.39 is 12.2 Å². The van der Waals surface area contributed by atoms with Crippen molar-refractivity contribution in [2.24, 2.45) is 0 Å². The van der Waals surface area contributed by atoms with Crippen LogP contribution < -0.4 is 5.32 Å². The van der Waals surface area contributed by atoms with Gasteiger partial charge in [-0.1, -0.05) is 18.6 Å². The summed E-state index contributed by atoms with van der Waals surface area (Å²) in [6, 6.07) is 11.1. The van der Waals surface area contributed by atoms with Crippen molar-refractivity contribution in [3.63, 3.8) is 0 Å². The van der Waals surface area contributed by atoms with Gasteiger partial charge in [0.2, 0.25) is 0 Å². The van der Waals surface area contributed by atoms with Crippen molar-refractivity contribution >= 4 is 5.78 Å². The van der Waals surface area contributed by atoms with Crippen LogP contribution in [0, 0.1) is 12.1 Å². The fourth-order valence-electron chi connectivity index (χ4n) is 2.50. The SMILES string of the molecule is O=C1CCCC[C@@]1(NCCF)c1cc#ccc1. The summed E-state index contributed by atoms with van der Waals surface area (Å²) < 4.78 is 12.4. The van der Waals surface area contributed by atoms with Gasteiger partial charge in [0.1, 0.15) is 12.2 Å². The Morgan fingerprint density at radius 2 is 2.29 bits per heavy atom. The van der Waals surface area contributed by atoms with Gasteiger partial charge in [-0.15, -0.1) is 0 Å². The Hall–Kier alpha value is -1.40. The van der Waals surface area contributed by atoms with Crippen molar-refractivity contribution in [1.29, 1.82) is 0 Å². The third kappa shape index (κ3) is 2.32. The predicted molar refractivity (Wildman–Crippen MR) is 63.2 cm³/mol. The molecule has 0 bridgehead atoms. The first kappa shape index (κ1) is 12.1. The smallest absolute Gasteiger partial charge is 0.157 e. The molecule has 1 atom stereocenters. The lowest BCUT2D eigenvalue weighted by Crippen LogP contribution is -2.51. The van der Waals surface area contributed by atoms with E-state index in [1.54, 1.807) is 12.1 Å². The second-order valence-electron chi connectivity index (χ2n) is 4.37. The van der Waals surface area contributed by atoms with Gasteiger partial charge in [-0.2, -0.15) is 0 Å². The van der Waals surface area contributed by atoms with Gasteiger partial charge in [-0.05, 0) is 36.6 Å². The molecule has 0 amide bonds. The average molecular weight is 233 g/mol. The molecule has 2 rings (SSSR count). The highest BCUT2D eigenvalue weighted by molar-refractivity contribution is 5.90. The van der Waals surface area contributed by atoms with Crippen LogP contribution >= 0.6 is 0 Å². The number of Topliss-reactive ketones (excluding diaryl/α,β-unsaturated/α-hetero) is 1. The Labute approximate surface area is 101 Å². The molecule has 0 aromatic heterocycles. The summed E-state index contributed by atoms with van der Waals surface area (Å²) in [5.74, 6) is 0.164. The quantitative estimate of drug-likeness (QED) is 0.863. The Morgan fingerprint density at radius 3 is 2.94 bits per heavy atom. The second kappa shape index (κ2) is 5.29. The molecule has 0 spiro atoms. The van der Waals surface area contributed by atoms with Gasteiger partial charge in [-0.25, -0.2) is 4.39 Å². The van der Waals surface area contributed by atoms with Crippen molar-refractivity contribution in [3.05, 3.63) is 35.9 Å². The lowest BCUT2D eigenvalue weighted by atomic mass is 9.75. The number of ketones is 1. The molecule has 1 saturated carbocycles. The van der Waals surface area contributed by atoms with Gasteiger partial charge >= 0.3 is 0 Å². The zero-order valence-electron chi connectivity index (χ0n) is 9.76. The summed E-state index contributed by atoms with van der Waals surface area (Å²) in [7, 11) is 0. The van der Waals surface area contributed by atoms with E-state index in [1.807, 2.05) is 6.07 Å². The zero-order chi connectivity index (χ0) is 12.1. The molecule has 90 valence electrons. The number of hydrogen-bond donors (Lipinski definition) is 1. The van der Waals surface area contributed by atoms with E-state index in [2.05, 4.69) is 17.4 Å². The van der Waals surface area contributed by atoms with E-state index in [0.717, 1.165) is 24.8 Å². The lowest BCUT2D eigenvalue weighted by molar-refractivity contribution is -0.128. The average Bonchev–Trinajstić information content (AvgIpc) is 2.39. The van der Waals surface area contributed by atoms with Gasteiger partial charge in [-0.3, -0.25) is 10.1 Å². The molecular formula is C14H16FNO. The number of carbonyl (C=O) groups is 1. The molecule has 1 aromatic carbocycles. The molecule has 17 heavy (non-hydrogen) atoms. The maximum Gasteiger partial charge on any atom is 0.157 e. The molecule has 1 fully saturated rings. The number of rotatable bonds is 4. The highest BCUT2D eigenvalue weighted by Crippen LogP contribution is 2.33. The fraction of sp³-hybridized carbons (Fsp3) is 0.500. The van der Waals surface area contributed by atoms with Crippen molar-refractivity contribution in [2.75, 3.05) is 13.2 Å². The largest absolute Gasteiger partial charge is 0.299 e. The van der Waals surface area contributed by atoms with Crippen LogP contribution in [-0.4, -0.2) is 19.0 Å². The zero-order valence-corrected chi connectivity index (χ0v) is 9.76. The van der Waals surface area contributed by atoms with Crippen LogP contribution in [0.5, 0.6) is 0 Å². The molecular weight excluding hydrogens is 217 g/mol. The van der Waals surface area contributed by atoms with Crippen molar-refractivity contribution in [3.8, 4) is 0 Å². The summed E-state index contributed by atoms with van der Waals surface area (Å²) in [6.45, 7) is -0.248. The molecule has 1 aromatic rings. The maximum absolute atomic E-state index is 12.4. The van der Waals surface area contributed by atoms with Crippen LogP contribution in [0.15, 0.2) is 18.2 Å². The van der Waals surface area contributed by atoms with Gasteiger partial charge in [0.15, 0.2) is 5.78 Å². The molecule has 3 heteroatoms. The fourth-order valence-corrected chi connectivity index (χ4v) is 2.50. The number of nitrogens with one attached hydrogen (secondary N) is 1. The maximum atomic E-state index is 12.4. The van der Waals surface area contributed by atoms with Crippen LogP contribution in [0.25, 0.3) is 0 Å². The predicted octanol–water partition coefficient (Wildman–Crippen LogP) is 2.18. The number of halogens is 1. The minimum Gasteiger partial charge on any atom is -0.299 e. The molecule has 1 aliphatic carbocycles. The van der Waals surface area contributed by atoms with Crippen LogP contribution in [0.4, 0.5) is 4.39 Å². The van der Waals surface area contributed by atoms with Crippen LogP contribution in [0.2, 0.25) is 0 Å². The molecule has 0 saturated heterocycles. The van der Waals surface area contributed by atoms with Crippen molar-refractivity contribution in [1.82, 2.24) is 5.32 Å². The van der Waals surface area contributed by atoms with Gasteiger partial charge in [0, 0.05) is 13.0 Å². The second-order valence-corrected chi connectivity index (χ2v) is 4.37. The van der Waals surface area contributed by atoms with Crippen LogP contribution in [0.1, 0.15) is 31.2 Å². The molecule has 2 nitrogen and oxygen atoms in total. The van der Waals surface area contributed by atoms with Gasteiger partial charge in [0.25, 0.3) is 0 Å². The van der Waals surface area contributed by atoms with E-state index in [-0.39, 0.29) is 12.3 Å². The normalized spacial score (nSPS) is 24.4. The Morgan fingerprint density at radius 1 is 1.41 bits per heavy atom. The molecule has 0 heterocycles. The molecule has 1 aliphatic rings. The Bertz CT molecular complexity index is 379. The monoisotopic (exact) mass is 233 g/mol. The third-order valence-electron chi connectivity index (χ3n) is 3.35. The van der Waals surface area contributed by atoms with Crippen LogP contribution in [0.3, 0.4) is 0 Å². The molecule has 0 unspecified atom stereocenters. The van der Waals surface area contributed by atoms with E-state index in [0.29, 0.717) is 6.42 Å². The van der Waals surface area contributed by atoms with E-state index in [4.69, 9.17) is 0 Å². The van der Waals surface area contributed by atoms with Crippen LogP contribution in [-0.2, 0) is 10.3 Å². The highest BCUT2D eigenvalue weighted by Gasteiger charge is 2.40. The minimum atomic E-state index is -0.698. The molecule has 0 aliphatic heterocycles. The molecule has 1 N–H and O–H groups in total. The summed E-state index contributed by atoms with van der Waals surface area (Å²) >= 11 is 0. The van der Waals surface area contributed by atoms with Crippen molar-refractivity contribution in [2.45, 2.75) is 31.2 Å². The number of hydrogen-bond acceptors (Lipinski definition) is 2. The van der Waals surface area contributed by atoms with E-state index in [9.17, 15) is 9.18 Å². The number of alkyl halides is 1. The van der Waals surface area contributed by atoms with Crippen molar-refractivity contribution < 1.29 is 9.18 Å². The summed E-state index contributed by atoms with van der Waals surface area (Å²) in [5, 5.41) is 3.09. The topological polar surface area (TPSA) is 29.1 Å². The highest BCUT2D eigenvalue weighted by atomic mass is 19.1. The third-order valence-corrected chi connectivity index (χ3v) is 3.35. The minimum absolute atomic E-state index is 0.164. The van der Waals surface area contributed by atoms with Gasteiger partial charge in [0.05, 0.1) is 0 Å². The van der Waals surface area contributed by atoms with E-state index in [1.165, 1.54) is 0 Å². The number of carbonyl (C=O) groups excluding carboxylic acids is 1. The molecule has 0 radical (unpaired) electrons. The first-order valence-electron chi connectivity index (χ1n) is 6.02. The summed E-state index contributed by atoms with van der Waals surface area (Å²) in [5.41, 5.74) is 0.185. The lowest BCUT2D eigenvalue weighted by Gasteiger charge is -2.36. The summed E-state index contributed by atoms with van der Waals surface area (Å²) in [4.78, 5) is 12.2. The Kier molecular flexibility index (Phi) is 3.75. The van der Waals surface area contributed by atoms with Gasteiger partial charge < -0.3 is 0 Å². The first-order chi connectivity index (χ1) is 8.29. The first-order valence-corrected chi connectivity index (χ1v) is 6.02. The summed E-state index contributed by atoms with van der Waals surface area (Å²) in [6.07, 6.45) is 3.23. The van der Waals surface area contributed by atoms with E-state index >= 15 is 0 Å². The Balaban J connectivity index is 2.32.